The molecule has 0 saturated carbocycles. The van der Waals surface area contributed by atoms with Crippen molar-refractivity contribution < 1.29 is 9.13 Å². The first-order valence-corrected chi connectivity index (χ1v) is 6.56. The molecule has 18 heavy (non-hydrogen) atoms. The van der Waals surface area contributed by atoms with Crippen molar-refractivity contribution in [2.24, 2.45) is 5.73 Å². The lowest BCUT2D eigenvalue weighted by Crippen LogP contribution is -2.41. The van der Waals surface area contributed by atoms with Gasteiger partial charge in [-0.3, -0.25) is 4.90 Å². The number of rotatable bonds is 3. The number of nitrogens with zero attached hydrogens (tertiary/aromatic N) is 1. The highest BCUT2D eigenvalue weighted by Crippen LogP contribution is 2.32. The number of halogens is 3. The Morgan fingerprint density at radius 3 is 2.89 bits per heavy atom. The highest BCUT2D eigenvalue weighted by Gasteiger charge is 2.24. The van der Waals surface area contributed by atoms with Crippen molar-refractivity contribution >= 4 is 23.2 Å². The van der Waals surface area contributed by atoms with Crippen LogP contribution in [0.25, 0.3) is 0 Å². The van der Waals surface area contributed by atoms with Crippen molar-refractivity contribution in [3.05, 3.63) is 33.6 Å². The third-order valence-electron chi connectivity index (χ3n) is 2.98. The number of nitrogens with two attached hydrogens (primary N) is 1. The molecule has 0 aliphatic carbocycles. The van der Waals surface area contributed by atoms with Crippen molar-refractivity contribution in [2.45, 2.75) is 6.10 Å². The minimum atomic E-state index is -0.476. The summed E-state index contributed by atoms with van der Waals surface area (Å²) in [4.78, 5) is 2.18. The quantitative estimate of drug-likeness (QED) is 0.870. The number of morpholine rings is 1. The van der Waals surface area contributed by atoms with Gasteiger partial charge in [0.05, 0.1) is 17.7 Å². The molecule has 0 spiro atoms. The standard InChI is InChI=1S/C12H15Cl2FN2O/c13-9-6-10(14)11(15)5-8(9)12-7-17(2-1-16)3-4-18-12/h5-6,12H,1-4,7,16H2. The van der Waals surface area contributed by atoms with E-state index in [9.17, 15) is 4.39 Å². The summed E-state index contributed by atoms with van der Waals surface area (Å²) in [6.45, 7) is 3.48. The van der Waals surface area contributed by atoms with E-state index in [1.165, 1.54) is 12.1 Å². The number of ether oxygens (including phenoxy) is 1. The second kappa shape index (κ2) is 6.17. The van der Waals surface area contributed by atoms with Crippen LogP contribution in [0.5, 0.6) is 0 Å². The summed E-state index contributed by atoms with van der Waals surface area (Å²) in [6, 6.07) is 2.76. The Morgan fingerprint density at radius 2 is 2.17 bits per heavy atom. The van der Waals surface area contributed by atoms with Gasteiger partial charge in [-0.25, -0.2) is 4.39 Å². The van der Waals surface area contributed by atoms with Crippen LogP contribution in [0.4, 0.5) is 4.39 Å². The van der Waals surface area contributed by atoms with Gasteiger partial charge in [0.1, 0.15) is 5.82 Å². The van der Waals surface area contributed by atoms with E-state index in [2.05, 4.69) is 4.90 Å². The maximum Gasteiger partial charge on any atom is 0.142 e. The fourth-order valence-electron chi connectivity index (χ4n) is 2.06. The first kappa shape index (κ1) is 14.0. The zero-order chi connectivity index (χ0) is 13.1. The van der Waals surface area contributed by atoms with E-state index < -0.39 is 5.82 Å². The van der Waals surface area contributed by atoms with Gasteiger partial charge in [0, 0.05) is 36.8 Å². The van der Waals surface area contributed by atoms with Crippen LogP contribution < -0.4 is 5.73 Å². The molecule has 1 aromatic carbocycles. The lowest BCUT2D eigenvalue weighted by molar-refractivity contribution is -0.0289. The summed E-state index contributed by atoms with van der Waals surface area (Å²) in [5, 5.41) is 0.458. The molecule has 1 fully saturated rings. The first-order valence-electron chi connectivity index (χ1n) is 5.80. The average molecular weight is 293 g/mol. The molecule has 0 bridgehead atoms. The molecule has 100 valence electrons. The van der Waals surface area contributed by atoms with E-state index in [1.807, 2.05) is 0 Å². The zero-order valence-electron chi connectivity index (χ0n) is 9.83. The summed E-state index contributed by atoms with van der Waals surface area (Å²) < 4.78 is 19.1. The van der Waals surface area contributed by atoms with Gasteiger partial charge in [-0.15, -0.1) is 0 Å². The number of benzene rings is 1. The monoisotopic (exact) mass is 292 g/mol. The molecule has 2 rings (SSSR count). The van der Waals surface area contributed by atoms with Gasteiger partial charge < -0.3 is 10.5 Å². The predicted octanol–water partition coefficient (Wildman–Crippen LogP) is 2.46. The molecule has 6 heteroatoms. The average Bonchev–Trinajstić information content (AvgIpc) is 2.34. The molecule has 1 unspecified atom stereocenters. The number of hydrogen-bond donors (Lipinski definition) is 1. The van der Waals surface area contributed by atoms with E-state index in [0.717, 1.165) is 13.1 Å². The molecule has 3 nitrogen and oxygen atoms in total. The maximum atomic E-state index is 13.5. The second-order valence-corrected chi connectivity index (χ2v) is 5.05. The second-order valence-electron chi connectivity index (χ2n) is 4.24. The molecule has 1 atom stereocenters. The largest absolute Gasteiger partial charge is 0.371 e. The van der Waals surface area contributed by atoms with Crippen LogP contribution in [-0.4, -0.2) is 37.7 Å². The summed E-state index contributed by atoms with van der Waals surface area (Å²) in [7, 11) is 0. The highest BCUT2D eigenvalue weighted by molar-refractivity contribution is 6.35. The van der Waals surface area contributed by atoms with E-state index >= 15 is 0 Å². The van der Waals surface area contributed by atoms with Crippen molar-refractivity contribution in [3.63, 3.8) is 0 Å². The number of hydrogen-bond acceptors (Lipinski definition) is 3. The van der Waals surface area contributed by atoms with E-state index in [4.69, 9.17) is 33.7 Å². The lowest BCUT2D eigenvalue weighted by Gasteiger charge is -2.33. The third-order valence-corrected chi connectivity index (χ3v) is 3.60. The third kappa shape index (κ3) is 3.13. The van der Waals surface area contributed by atoms with Gasteiger partial charge in [0.2, 0.25) is 0 Å². The predicted molar refractivity (Wildman–Crippen MR) is 70.6 cm³/mol. The minimum absolute atomic E-state index is 0.0263. The van der Waals surface area contributed by atoms with Crippen molar-refractivity contribution in [1.29, 1.82) is 0 Å². The Morgan fingerprint density at radius 1 is 1.39 bits per heavy atom. The molecule has 1 aliphatic rings. The van der Waals surface area contributed by atoms with Crippen LogP contribution in [0.2, 0.25) is 10.0 Å². The molecule has 1 aliphatic heterocycles. The van der Waals surface area contributed by atoms with Crippen molar-refractivity contribution in [2.75, 3.05) is 32.8 Å². The summed E-state index contributed by atoms with van der Waals surface area (Å²) in [6.07, 6.45) is -0.232. The Balaban J connectivity index is 2.18. The van der Waals surface area contributed by atoms with Crippen LogP contribution in [0, 0.1) is 5.82 Å². The van der Waals surface area contributed by atoms with Gasteiger partial charge in [0.15, 0.2) is 0 Å². The smallest absolute Gasteiger partial charge is 0.142 e. The fraction of sp³-hybridized carbons (Fsp3) is 0.500. The van der Waals surface area contributed by atoms with Crippen LogP contribution in [-0.2, 0) is 4.74 Å². The van der Waals surface area contributed by atoms with Gasteiger partial charge >= 0.3 is 0 Å². The van der Waals surface area contributed by atoms with E-state index in [1.54, 1.807) is 0 Å². The minimum Gasteiger partial charge on any atom is -0.371 e. The van der Waals surface area contributed by atoms with E-state index in [0.29, 0.717) is 30.3 Å². The van der Waals surface area contributed by atoms with Crippen LogP contribution >= 0.6 is 23.2 Å². The molecule has 0 aromatic heterocycles. The molecular weight excluding hydrogens is 278 g/mol. The van der Waals surface area contributed by atoms with Crippen molar-refractivity contribution in [1.82, 2.24) is 4.90 Å². The highest BCUT2D eigenvalue weighted by atomic mass is 35.5. The topological polar surface area (TPSA) is 38.5 Å². The van der Waals surface area contributed by atoms with Crippen LogP contribution in [0.3, 0.4) is 0 Å². The summed E-state index contributed by atoms with van der Waals surface area (Å²) in [5.41, 5.74) is 6.17. The molecular formula is C12H15Cl2FN2O. The Labute approximate surface area is 116 Å². The summed E-state index contributed by atoms with van der Waals surface area (Å²) >= 11 is 11.8. The maximum absolute atomic E-state index is 13.5. The van der Waals surface area contributed by atoms with E-state index in [-0.39, 0.29) is 11.1 Å². The van der Waals surface area contributed by atoms with Gasteiger partial charge in [0.25, 0.3) is 0 Å². The zero-order valence-corrected chi connectivity index (χ0v) is 11.3. The normalized spacial score (nSPS) is 21.2. The molecule has 1 heterocycles. The van der Waals surface area contributed by atoms with Gasteiger partial charge in [-0.2, -0.15) is 0 Å². The van der Waals surface area contributed by atoms with Crippen molar-refractivity contribution in [3.8, 4) is 0 Å². The van der Waals surface area contributed by atoms with Crippen LogP contribution in [0.1, 0.15) is 11.7 Å². The Hall–Kier alpha value is -0.390. The molecule has 0 radical (unpaired) electrons. The molecule has 2 N–H and O–H groups in total. The van der Waals surface area contributed by atoms with Gasteiger partial charge in [-0.05, 0) is 12.1 Å². The van der Waals surface area contributed by atoms with Gasteiger partial charge in [-0.1, -0.05) is 23.2 Å². The Bertz CT molecular complexity index is 429. The SMILES string of the molecule is NCCN1CCOC(c2cc(F)c(Cl)cc2Cl)C1. The summed E-state index contributed by atoms with van der Waals surface area (Å²) in [5.74, 6) is -0.476. The lowest BCUT2D eigenvalue weighted by atomic mass is 10.1. The Kier molecular flexibility index (Phi) is 4.81. The molecule has 1 aromatic rings. The fourth-order valence-corrected chi connectivity index (χ4v) is 2.57. The molecule has 0 amide bonds. The van der Waals surface area contributed by atoms with Crippen LogP contribution in [0.15, 0.2) is 12.1 Å². The molecule has 1 saturated heterocycles. The first-order chi connectivity index (χ1) is 8.61.